The molecule has 0 atom stereocenters. The lowest BCUT2D eigenvalue weighted by atomic mass is 10.2. The van der Waals surface area contributed by atoms with Gasteiger partial charge in [-0.05, 0) is 86.4 Å². The van der Waals surface area contributed by atoms with E-state index >= 15 is 0 Å². The first-order valence-electron chi connectivity index (χ1n) is 8.49. The summed E-state index contributed by atoms with van der Waals surface area (Å²) in [5, 5.41) is 2.37. The van der Waals surface area contributed by atoms with Crippen LogP contribution in [0.2, 0.25) is 0 Å². The van der Waals surface area contributed by atoms with Gasteiger partial charge in [-0.1, -0.05) is 13.0 Å². The van der Waals surface area contributed by atoms with E-state index in [1.165, 1.54) is 7.11 Å². The Balaban J connectivity index is 1.79. The molecule has 29 heavy (non-hydrogen) atoms. The summed E-state index contributed by atoms with van der Waals surface area (Å²) in [4.78, 5) is 24.1. The van der Waals surface area contributed by atoms with Crippen LogP contribution in [0.1, 0.15) is 22.8 Å². The third-order valence-electron chi connectivity index (χ3n) is 3.72. The molecular formula is C19H19Br2N3O4S. The van der Waals surface area contributed by atoms with Crippen LogP contribution in [0.25, 0.3) is 0 Å². The lowest BCUT2D eigenvalue weighted by molar-refractivity contribution is -0.121. The number of aryl methyl sites for hydroxylation is 1. The number of hydrogen-bond donors (Lipinski definition) is 3. The Morgan fingerprint density at radius 2 is 1.72 bits per heavy atom. The second-order valence-electron chi connectivity index (χ2n) is 5.71. The number of nitrogens with one attached hydrogen (secondary N) is 3. The topological polar surface area (TPSA) is 88.7 Å². The Labute approximate surface area is 190 Å². The molecule has 0 aliphatic carbocycles. The summed E-state index contributed by atoms with van der Waals surface area (Å²) in [5.74, 6) is 0.263. The van der Waals surface area contributed by atoms with Crippen molar-refractivity contribution in [1.29, 1.82) is 0 Å². The Hall–Kier alpha value is -2.17. The molecule has 7 nitrogen and oxygen atoms in total. The number of rotatable bonds is 6. The van der Waals surface area contributed by atoms with Crippen LogP contribution in [0.3, 0.4) is 0 Å². The molecule has 0 saturated heterocycles. The SMILES string of the molecule is CCc1ccc(OCC(=O)NC(=S)NNC(=O)c2ccc(OC)c(Br)c2)c(Br)c1. The van der Waals surface area contributed by atoms with Gasteiger partial charge in [0, 0.05) is 5.56 Å². The van der Waals surface area contributed by atoms with E-state index in [0.29, 0.717) is 21.5 Å². The van der Waals surface area contributed by atoms with Gasteiger partial charge in [0.2, 0.25) is 0 Å². The highest BCUT2D eigenvalue weighted by Gasteiger charge is 2.11. The average Bonchev–Trinajstić information content (AvgIpc) is 2.70. The predicted molar refractivity (Wildman–Crippen MR) is 121 cm³/mol. The van der Waals surface area contributed by atoms with Gasteiger partial charge in [0.05, 0.1) is 16.1 Å². The summed E-state index contributed by atoms with van der Waals surface area (Å²) in [6, 6.07) is 10.5. The van der Waals surface area contributed by atoms with E-state index in [-0.39, 0.29) is 11.7 Å². The first kappa shape index (κ1) is 23.1. The minimum Gasteiger partial charge on any atom is -0.496 e. The highest BCUT2D eigenvalue weighted by Crippen LogP contribution is 2.26. The number of ether oxygens (including phenoxy) is 2. The van der Waals surface area contributed by atoms with Gasteiger partial charge in [0.15, 0.2) is 11.7 Å². The third kappa shape index (κ3) is 6.98. The predicted octanol–water partition coefficient (Wildman–Crippen LogP) is 3.50. The van der Waals surface area contributed by atoms with Gasteiger partial charge in [-0.25, -0.2) is 0 Å². The molecule has 0 saturated carbocycles. The first-order valence-corrected chi connectivity index (χ1v) is 10.5. The van der Waals surface area contributed by atoms with Crippen molar-refractivity contribution in [3.05, 3.63) is 56.5 Å². The fourth-order valence-corrected chi connectivity index (χ4v) is 3.46. The fourth-order valence-electron chi connectivity index (χ4n) is 2.21. The molecule has 0 fully saturated rings. The molecule has 0 unspecified atom stereocenters. The van der Waals surface area contributed by atoms with Gasteiger partial charge in [-0.15, -0.1) is 0 Å². The van der Waals surface area contributed by atoms with Crippen molar-refractivity contribution in [3.63, 3.8) is 0 Å². The van der Waals surface area contributed by atoms with Crippen LogP contribution in [0.4, 0.5) is 0 Å². The molecule has 0 bridgehead atoms. The minimum atomic E-state index is -0.463. The number of amides is 2. The molecular weight excluding hydrogens is 526 g/mol. The maximum absolute atomic E-state index is 12.1. The van der Waals surface area contributed by atoms with E-state index in [1.807, 2.05) is 12.1 Å². The molecule has 0 aromatic heterocycles. The quantitative estimate of drug-likeness (QED) is 0.381. The zero-order valence-electron chi connectivity index (χ0n) is 15.7. The number of hydrazine groups is 1. The molecule has 2 aromatic rings. The van der Waals surface area contributed by atoms with Crippen molar-refractivity contribution in [2.75, 3.05) is 13.7 Å². The number of benzene rings is 2. The second-order valence-corrected chi connectivity index (χ2v) is 7.83. The number of halogens is 2. The third-order valence-corrected chi connectivity index (χ3v) is 5.16. The molecule has 0 aliphatic heterocycles. The van der Waals surface area contributed by atoms with E-state index in [2.05, 4.69) is 55.0 Å². The van der Waals surface area contributed by atoms with Gasteiger partial charge in [-0.2, -0.15) is 0 Å². The van der Waals surface area contributed by atoms with Crippen LogP contribution in [-0.2, 0) is 11.2 Å². The normalized spacial score (nSPS) is 10.1. The maximum Gasteiger partial charge on any atom is 0.269 e. The van der Waals surface area contributed by atoms with Crippen molar-refractivity contribution in [3.8, 4) is 11.5 Å². The molecule has 2 rings (SSSR count). The standard InChI is InChI=1S/C19H19Br2N3O4S/c1-3-11-4-6-16(13(20)8-11)28-10-17(25)22-19(29)24-23-18(26)12-5-7-15(27-2)14(21)9-12/h4-9H,3,10H2,1-2H3,(H,23,26)(H2,22,24,25,29). The summed E-state index contributed by atoms with van der Waals surface area (Å²) in [6.07, 6.45) is 0.901. The molecule has 2 aromatic carbocycles. The number of carbonyl (C=O) groups is 2. The lowest BCUT2D eigenvalue weighted by Crippen LogP contribution is -2.49. The summed E-state index contributed by atoms with van der Waals surface area (Å²) >= 11 is 11.7. The van der Waals surface area contributed by atoms with Crippen molar-refractivity contribution >= 4 is 61.0 Å². The van der Waals surface area contributed by atoms with E-state index in [0.717, 1.165) is 16.5 Å². The first-order chi connectivity index (χ1) is 13.8. The summed E-state index contributed by atoms with van der Waals surface area (Å²) in [6.45, 7) is 1.82. The van der Waals surface area contributed by atoms with Gasteiger partial charge >= 0.3 is 0 Å². The van der Waals surface area contributed by atoms with Crippen LogP contribution < -0.4 is 25.6 Å². The maximum atomic E-state index is 12.1. The van der Waals surface area contributed by atoms with Crippen molar-refractivity contribution in [2.24, 2.45) is 0 Å². The molecule has 3 N–H and O–H groups in total. The highest BCUT2D eigenvalue weighted by molar-refractivity contribution is 9.10. The van der Waals surface area contributed by atoms with E-state index in [1.54, 1.807) is 24.3 Å². The molecule has 0 radical (unpaired) electrons. The molecule has 0 heterocycles. The van der Waals surface area contributed by atoms with Crippen molar-refractivity contribution < 1.29 is 19.1 Å². The number of methoxy groups -OCH3 is 1. The van der Waals surface area contributed by atoms with Crippen LogP contribution >= 0.6 is 44.1 Å². The van der Waals surface area contributed by atoms with Crippen LogP contribution in [0.5, 0.6) is 11.5 Å². The number of carbonyl (C=O) groups excluding carboxylic acids is 2. The Bertz CT molecular complexity index is 924. The molecule has 154 valence electrons. The molecule has 0 spiro atoms. The largest absolute Gasteiger partial charge is 0.496 e. The summed E-state index contributed by atoms with van der Waals surface area (Å²) in [5.41, 5.74) is 6.41. The lowest BCUT2D eigenvalue weighted by Gasteiger charge is -2.12. The van der Waals surface area contributed by atoms with Crippen LogP contribution in [0, 0.1) is 0 Å². The number of hydrogen-bond acceptors (Lipinski definition) is 5. The van der Waals surface area contributed by atoms with Gasteiger partial charge < -0.3 is 9.47 Å². The van der Waals surface area contributed by atoms with Crippen molar-refractivity contribution in [1.82, 2.24) is 16.2 Å². The molecule has 2 amide bonds. The van der Waals surface area contributed by atoms with Crippen LogP contribution in [0.15, 0.2) is 45.3 Å². The van der Waals surface area contributed by atoms with Gasteiger partial charge in [0.1, 0.15) is 11.5 Å². The zero-order chi connectivity index (χ0) is 21.4. The number of thiocarbonyl (C=S) groups is 1. The average molecular weight is 545 g/mol. The monoisotopic (exact) mass is 543 g/mol. The summed E-state index contributed by atoms with van der Waals surface area (Å²) < 4.78 is 12.0. The van der Waals surface area contributed by atoms with E-state index in [4.69, 9.17) is 21.7 Å². The van der Waals surface area contributed by atoms with Gasteiger partial charge in [0.25, 0.3) is 11.8 Å². The minimum absolute atomic E-state index is 0.0556. The Morgan fingerprint density at radius 1 is 1.03 bits per heavy atom. The molecule has 10 heteroatoms. The van der Waals surface area contributed by atoms with Gasteiger partial charge in [-0.3, -0.25) is 25.8 Å². The molecule has 0 aliphatic rings. The summed E-state index contributed by atoms with van der Waals surface area (Å²) in [7, 11) is 1.53. The van der Waals surface area contributed by atoms with Crippen LogP contribution in [-0.4, -0.2) is 30.6 Å². The zero-order valence-corrected chi connectivity index (χ0v) is 19.7. The van der Waals surface area contributed by atoms with Crippen molar-refractivity contribution in [2.45, 2.75) is 13.3 Å². The highest BCUT2D eigenvalue weighted by atomic mass is 79.9. The second kappa shape index (κ2) is 11.1. The Morgan fingerprint density at radius 3 is 2.34 bits per heavy atom. The smallest absolute Gasteiger partial charge is 0.269 e. The Kier molecular flexibility index (Phi) is 8.87. The van der Waals surface area contributed by atoms with E-state index in [9.17, 15) is 9.59 Å². The van der Waals surface area contributed by atoms with E-state index < -0.39 is 11.8 Å². The fraction of sp³-hybridized carbons (Fsp3) is 0.211.